The van der Waals surface area contributed by atoms with Gasteiger partial charge in [0, 0.05) is 24.5 Å². The first-order valence-electron chi connectivity index (χ1n) is 4.86. The molecular weight excluding hydrogens is 194 g/mol. The van der Waals surface area contributed by atoms with Crippen LogP contribution < -0.4 is 16.6 Å². The number of pyridine rings is 1. The maximum absolute atomic E-state index is 11.3. The summed E-state index contributed by atoms with van der Waals surface area (Å²) in [5, 5.41) is 2.69. The molecule has 0 radical (unpaired) electrons. The van der Waals surface area contributed by atoms with Crippen LogP contribution in [0.4, 0.5) is 5.69 Å². The number of amides is 1. The third kappa shape index (κ3) is 3.46. The fourth-order valence-electron chi connectivity index (χ4n) is 1.15. The summed E-state index contributed by atoms with van der Waals surface area (Å²) in [6.07, 6.45) is 2.34. The lowest BCUT2D eigenvalue weighted by molar-refractivity contribution is -0.121. The van der Waals surface area contributed by atoms with E-state index < -0.39 is 0 Å². The van der Waals surface area contributed by atoms with Crippen molar-refractivity contribution in [2.45, 2.75) is 19.9 Å². The van der Waals surface area contributed by atoms with Gasteiger partial charge in [-0.1, -0.05) is 6.92 Å². The first-order chi connectivity index (χ1) is 7.13. The van der Waals surface area contributed by atoms with Crippen LogP contribution in [0.2, 0.25) is 0 Å². The lowest BCUT2D eigenvalue weighted by Gasteiger charge is -2.06. The monoisotopic (exact) mass is 209 g/mol. The van der Waals surface area contributed by atoms with Crippen molar-refractivity contribution in [1.29, 1.82) is 0 Å². The third-order valence-electron chi connectivity index (χ3n) is 1.89. The highest BCUT2D eigenvalue weighted by molar-refractivity contribution is 5.75. The zero-order valence-electron chi connectivity index (χ0n) is 8.69. The van der Waals surface area contributed by atoms with E-state index in [4.69, 9.17) is 5.73 Å². The molecule has 5 nitrogen and oxygen atoms in total. The summed E-state index contributed by atoms with van der Waals surface area (Å²) in [6, 6.07) is 2.87. The quantitative estimate of drug-likeness (QED) is 0.730. The fraction of sp³-hybridized carbons (Fsp3) is 0.400. The van der Waals surface area contributed by atoms with E-state index in [1.165, 1.54) is 22.9 Å². The summed E-state index contributed by atoms with van der Waals surface area (Å²) in [6.45, 7) is 2.60. The molecule has 0 spiro atoms. The van der Waals surface area contributed by atoms with Gasteiger partial charge in [0.25, 0.3) is 5.56 Å². The Morgan fingerprint density at radius 3 is 2.93 bits per heavy atom. The van der Waals surface area contributed by atoms with Gasteiger partial charge in [0.2, 0.25) is 5.91 Å². The lowest BCUT2D eigenvalue weighted by atomic mass is 10.4. The minimum absolute atomic E-state index is 0.0177. The van der Waals surface area contributed by atoms with Gasteiger partial charge in [-0.25, -0.2) is 0 Å². The standard InChI is InChI=1S/C10H15N3O2/c1-2-5-12-9(14)7-13-6-8(11)3-4-10(13)15/h3-4,6H,2,5,7,11H2,1H3,(H,12,14). The Kier molecular flexibility index (Phi) is 3.91. The largest absolute Gasteiger partial charge is 0.398 e. The summed E-state index contributed by atoms with van der Waals surface area (Å²) < 4.78 is 1.29. The molecule has 1 rings (SSSR count). The molecule has 0 atom stereocenters. The van der Waals surface area contributed by atoms with Crippen LogP contribution in [0.15, 0.2) is 23.1 Å². The number of rotatable bonds is 4. The Hall–Kier alpha value is -1.78. The molecule has 0 aliphatic rings. The first-order valence-corrected chi connectivity index (χ1v) is 4.86. The molecule has 0 bridgehead atoms. The summed E-state index contributed by atoms with van der Waals surface area (Å²) in [5.74, 6) is -0.176. The Bertz CT molecular complexity index is 398. The molecule has 0 aliphatic carbocycles. The normalized spacial score (nSPS) is 9.93. The number of nitrogens with one attached hydrogen (secondary N) is 1. The molecule has 0 saturated carbocycles. The smallest absolute Gasteiger partial charge is 0.251 e. The number of carbonyl (C=O) groups excluding carboxylic acids is 1. The van der Waals surface area contributed by atoms with Gasteiger partial charge in [-0.2, -0.15) is 0 Å². The van der Waals surface area contributed by atoms with Crippen molar-refractivity contribution in [1.82, 2.24) is 9.88 Å². The van der Waals surface area contributed by atoms with Crippen molar-refractivity contribution >= 4 is 11.6 Å². The van der Waals surface area contributed by atoms with Crippen molar-refractivity contribution in [2.24, 2.45) is 0 Å². The number of hydrogen-bond donors (Lipinski definition) is 2. The van der Waals surface area contributed by atoms with E-state index in [-0.39, 0.29) is 18.0 Å². The number of nitrogens with zero attached hydrogens (tertiary/aromatic N) is 1. The van der Waals surface area contributed by atoms with Crippen LogP contribution in [0.5, 0.6) is 0 Å². The zero-order valence-corrected chi connectivity index (χ0v) is 8.69. The maximum atomic E-state index is 11.3. The van der Waals surface area contributed by atoms with Crippen molar-refractivity contribution in [2.75, 3.05) is 12.3 Å². The second kappa shape index (κ2) is 5.19. The average molecular weight is 209 g/mol. The molecule has 0 aliphatic heterocycles. The van der Waals surface area contributed by atoms with Crippen molar-refractivity contribution in [3.63, 3.8) is 0 Å². The highest BCUT2D eigenvalue weighted by Crippen LogP contribution is 1.95. The van der Waals surface area contributed by atoms with Gasteiger partial charge in [0.15, 0.2) is 0 Å². The molecule has 1 heterocycles. The number of nitrogens with two attached hydrogens (primary N) is 1. The Balaban J connectivity index is 2.68. The van der Waals surface area contributed by atoms with E-state index >= 15 is 0 Å². The van der Waals surface area contributed by atoms with Gasteiger partial charge in [0.1, 0.15) is 6.54 Å². The Labute approximate surface area is 87.9 Å². The number of nitrogen functional groups attached to an aromatic ring is 1. The summed E-state index contributed by atoms with van der Waals surface area (Å²) in [7, 11) is 0. The van der Waals surface area contributed by atoms with E-state index in [9.17, 15) is 9.59 Å². The fourth-order valence-corrected chi connectivity index (χ4v) is 1.15. The van der Waals surface area contributed by atoms with Gasteiger partial charge in [-0.3, -0.25) is 9.59 Å². The number of carbonyl (C=O) groups is 1. The van der Waals surface area contributed by atoms with E-state index in [1.807, 2.05) is 6.92 Å². The maximum Gasteiger partial charge on any atom is 0.251 e. The van der Waals surface area contributed by atoms with Crippen LogP contribution in [0.3, 0.4) is 0 Å². The minimum Gasteiger partial charge on any atom is -0.398 e. The number of anilines is 1. The van der Waals surface area contributed by atoms with Crippen molar-refractivity contribution in [3.05, 3.63) is 28.7 Å². The molecule has 0 aromatic carbocycles. The van der Waals surface area contributed by atoms with E-state index in [1.54, 1.807) is 0 Å². The SMILES string of the molecule is CCCNC(=O)Cn1cc(N)ccc1=O. The second-order valence-corrected chi connectivity index (χ2v) is 3.28. The van der Waals surface area contributed by atoms with Crippen LogP contribution in [0.1, 0.15) is 13.3 Å². The molecule has 15 heavy (non-hydrogen) atoms. The van der Waals surface area contributed by atoms with Gasteiger partial charge >= 0.3 is 0 Å². The average Bonchev–Trinajstić information content (AvgIpc) is 2.20. The van der Waals surface area contributed by atoms with Crippen LogP contribution in [0, 0.1) is 0 Å². The predicted octanol–water partition coefficient (Wildman–Crippen LogP) is -0.0433. The Morgan fingerprint density at radius 2 is 2.27 bits per heavy atom. The van der Waals surface area contributed by atoms with Crippen molar-refractivity contribution < 1.29 is 4.79 Å². The molecular formula is C10H15N3O2. The van der Waals surface area contributed by atoms with Gasteiger partial charge in [-0.15, -0.1) is 0 Å². The highest BCUT2D eigenvalue weighted by atomic mass is 16.2. The molecule has 82 valence electrons. The van der Waals surface area contributed by atoms with Crippen LogP contribution in [-0.2, 0) is 11.3 Å². The van der Waals surface area contributed by atoms with Crippen molar-refractivity contribution in [3.8, 4) is 0 Å². The van der Waals surface area contributed by atoms with Crippen LogP contribution in [0.25, 0.3) is 0 Å². The first kappa shape index (κ1) is 11.3. The van der Waals surface area contributed by atoms with Gasteiger partial charge in [-0.05, 0) is 12.5 Å². The van der Waals surface area contributed by atoms with E-state index in [0.717, 1.165) is 6.42 Å². The zero-order chi connectivity index (χ0) is 11.3. The van der Waals surface area contributed by atoms with Gasteiger partial charge in [0.05, 0.1) is 0 Å². The van der Waals surface area contributed by atoms with Crippen LogP contribution >= 0.6 is 0 Å². The summed E-state index contributed by atoms with van der Waals surface area (Å²) in [4.78, 5) is 22.6. The van der Waals surface area contributed by atoms with E-state index in [0.29, 0.717) is 12.2 Å². The second-order valence-electron chi connectivity index (χ2n) is 3.28. The molecule has 0 fully saturated rings. The Morgan fingerprint density at radius 1 is 1.53 bits per heavy atom. The van der Waals surface area contributed by atoms with Gasteiger partial charge < -0.3 is 15.6 Å². The van der Waals surface area contributed by atoms with E-state index in [2.05, 4.69) is 5.32 Å². The predicted molar refractivity (Wildman–Crippen MR) is 58.4 cm³/mol. The number of hydrogen-bond acceptors (Lipinski definition) is 3. The molecule has 0 unspecified atom stereocenters. The van der Waals surface area contributed by atoms with Crippen LogP contribution in [-0.4, -0.2) is 17.0 Å². The topological polar surface area (TPSA) is 77.1 Å². The lowest BCUT2D eigenvalue weighted by Crippen LogP contribution is -2.32. The molecule has 1 aromatic rings. The molecule has 1 amide bonds. The highest BCUT2D eigenvalue weighted by Gasteiger charge is 2.03. The summed E-state index contributed by atoms with van der Waals surface area (Å²) in [5.41, 5.74) is 5.76. The minimum atomic E-state index is -0.226. The molecule has 5 heteroatoms. The third-order valence-corrected chi connectivity index (χ3v) is 1.89. The molecule has 3 N–H and O–H groups in total. The summed E-state index contributed by atoms with van der Waals surface area (Å²) >= 11 is 0. The molecule has 0 saturated heterocycles. The number of aromatic nitrogens is 1. The molecule has 1 aromatic heterocycles.